The maximum Gasteiger partial charge on any atom is 0.337 e. The van der Waals surface area contributed by atoms with Crippen molar-refractivity contribution in [3.8, 4) is 0 Å². The van der Waals surface area contributed by atoms with Gasteiger partial charge in [-0.25, -0.2) is 4.79 Å². The number of esters is 1. The number of fused-ring (bicyclic) bond motifs is 4. The van der Waals surface area contributed by atoms with Crippen LogP contribution < -0.4 is 0 Å². The van der Waals surface area contributed by atoms with Crippen molar-refractivity contribution >= 4 is 5.97 Å². The van der Waals surface area contributed by atoms with Crippen LogP contribution in [0.25, 0.3) is 0 Å². The van der Waals surface area contributed by atoms with E-state index in [9.17, 15) is 9.90 Å². The quantitative estimate of drug-likeness (QED) is 0.830. The van der Waals surface area contributed by atoms with Gasteiger partial charge in [-0.05, 0) is 24.5 Å². The zero-order chi connectivity index (χ0) is 13.4. The number of carbonyl (C=O) groups excluding carboxylic acids is 1. The van der Waals surface area contributed by atoms with Gasteiger partial charge in [-0.1, -0.05) is 24.3 Å². The summed E-state index contributed by atoms with van der Waals surface area (Å²) in [5, 5.41) is 10.3. The minimum absolute atomic E-state index is 0.00171. The molecular formula is C15H16O4. The molecule has 0 amide bonds. The van der Waals surface area contributed by atoms with E-state index in [4.69, 9.17) is 9.47 Å². The summed E-state index contributed by atoms with van der Waals surface area (Å²) in [7, 11) is 0. The van der Waals surface area contributed by atoms with Gasteiger partial charge in [-0.3, -0.25) is 0 Å². The minimum atomic E-state index is -0.525. The third kappa shape index (κ3) is 2.02. The van der Waals surface area contributed by atoms with Gasteiger partial charge >= 0.3 is 5.97 Å². The lowest BCUT2D eigenvalue weighted by atomic mass is 9.85. The molecule has 1 aromatic carbocycles. The van der Waals surface area contributed by atoms with Crippen LogP contribution in [0.3, 0.4) is 0 Å². The van der Waals surface area contributed by atoms with Gasteiger partial charge < -0.3 is 14.6 Å². The molecular weight excluding hydrogens is 244 g/mol. The van der Waals surface area contributed by atoms with Crippen LogP contribution >= 0.6 is 0 Å². The first-order chi connectivity index (χ1) is 9.20. The van der Waals surface area contributed by atoms with Crippen LogP contribution in [0.15, 0.2) is 35.6 Å². The van der Waals surface area contributed by atoms with E-state index in [0.717, 1.165) is 12.0 Å². The Kier molecular flexibility index (Phi) is 3.03. The SMILES string of the molecule is CCOC(=O)C1=C(O)[C@@H]2O[C@H](C1)Cc1ccccc12. The van der Waals surface area contributed by atoms with Crippen molar-refractivity contribution < 1.29 is 19.4 Å². The normalized spacial score (nSPS) is 24.9. The van der Waals surface area contributed by atoms with Gasteiger partial charge in [-0.15, -0.1) is 0 Å². The first kappa shape index (κ1) is 12.2. The molecule has 4 nitrogen and oxygen atoms in total. The zero-order valence-corrected chi connectivity index (χ0v) is 10.8. The van der Waals surface area contributed by atoms with Crippen molar-refractivity contribution in [2.45, 2.75) is 32.0 Å². The first-order valence-corrected chi connectivity index (χ1v) is 6.53. The molecule has 0 aliphatic carbocycles. The smallest absolute Gasteiger partial charge is 0.337 e. The molecule has 1 N–H and O–H groups in total. The highest BCUT2D eigenvalue weighted by Crippen LogP contribution is 2.41. The van der Waals surface area contributed by atoms with Crippen LogP contribution in [-0.2, 0) is 20.7 Å². The molecule has 3 rings (SSSR count). The maximum atomic E-state index is 11.9. The molecule has 100 valence electrons. The van der Waals surface area contributed by atoms with Crippen LogP contribution in [-0.4, -0.2) is 23.8 Å². The Labute approximate surface area is 111 Å². The molecule has 4 heteroatoms. The lowest BCUT2D eigenvalue weighted by Crippen LogP contribution is -2.34. The highest BCUT2D eigenvalue weighted by Gasteiger charge is 2.38. The van der Waals surface area contributed by atoms with E-state index in [0.29, 0.717) is 18.6 Å². The summed E-state index contributed by atoms with van der Waals surface area (Å²) in [6.45, 7) is 2.06. The molecule has 0 saturated heterocycles. The number of benzene rings is 1. The summed E-state index contributed by atoms with van der Waals surface area (Å²) in [4.78, 5) is 11.9. The molecule has 0 spiro atoms. The fourth-order valence-corrected chi connectivity index (χ4v) is 2.76. The Hall–Kier alpha value is -1.81. The Morgan fingerprint density at radius 3 is 3.00 bits per heavy atom. The van der Waals surface area contributed by atoms with Gasteiger partial charge in [0, 0.05) is 6.42 Å². The third-order valence-corrected chi connectivity index (χ3v) is 3.62. The second kappa shape index (κ2) is 4.70. The fraction of sp³-hybridized carbons (Fsp3) is 0.400. The highest BCUT2D eigenvalue weighted by atomic mass is 16.5. The number of aliphatic hydroxyl groups excluding tert-OH is 1. The van der Waals surface area contributed by atoms with E-state index >= 15 is 0 Å². The number of hydrogen-bond donors (Lipinski definition) is 1. The number of aliphatic hydroxyl groups is 1. The van der Waals surface area contributed by atoms with E-state index in [1.807, 2.05) is 24.3 Å². The first-order valence-electron chi connectivity index (χ1n) is 6.53. The van der Waals surface area contributed by atoms with Crippen LogP contribution in [0.2, 0.25) is 0 Å². The summed E-state index contributed by atoms with van der Waals surface area (Å²) in [6, 6.07) is 7.86. The van der Waals surface area contributed by atoms with Gasteiger partial charge in [0.25, 0.3) is 0 Å². The summed E-state index contributed by atoms with van der Waals surface area (Å²) >= 11 is 0. The molecule has 2 heterocycles. The van der Waals surface area contributed by atoms with E-state index in [1.54, 1.807) is 6.92 Å². The van der Waals surface area contributed by atoms with E-state index in [1.165, 1.54) is 5.56 Å². The molecule has 2 atom stereocenters. The second-order valence-electron chi connectivity index (χ2n) is 4.83. The van der Waals surface area contributed by atoms with Crippen molar-refractivity contribution in [2.24, 2.45) is 0 Å². The molecule has 0 unspecified atom stereocenters. The summed E-state index contributed by atoms with van der Waals surface area (Å²) in [5.41, 5.74) is 2.48. The molecule has 2 aliphatic heterocycles. The Morgan fingerprint density at radius 1 is 1.42 bits per heavy atom. The zero-order valence-electron chi connectivity index (χ0n) is 10.8. The molecule has 0 aromatic heterocycles. The van der Waals surface area contributed by atoms with Crippen LogP contribution in [0.1, 0.15) is 30.6 Å². The summed E-state index contributed by atoms with van der Waals surface area (Å²) in [6.07, 6.45) is 0.594. The topological polar surface area (TPSA) is 55.8 Å². The average molecular weight is 260 g/mol. The van der Waals surface area contributed by atoms with Crippen molar-refractivity contribution in [3.63, 3.8) is 0 Å². The molecule has 19 heavy (non-hydrogen) atoms. The van der Waals surface area contributed by atoms with Crippen molar-refractivity contribution in [3.05, 3.63) is 46.7 Å². The van der Waals surface area contributed by atoms with Crippen molar-refractivity contribution in [1.82, 2.24) is 0 Å². The molecule has 0 fully saturated rings. The molecule has 0 radical (unpaired) electrons. The van der Waals surface area contributed by atoms with Crippen LogP contribution in [0.4, 0.5) is 0 Å². The Bertz CT molecular complexity index is 547. The molecule has 2 aliphatic rings. The van der Waals surface area contributed by atoms with Crippen LogP contribution in [0, 0.1) is 0 Å². The van der Waals surface area contributed by atoms with Crippen LogP contribution in [0.5, 0.6) is 0 Å². The van der Waals surface area contributed by atoms with Crippen molar-refractivity contribution in [1.29, 1.82) is 0 Å². The van der Waals surface area contributed by atoms with Gasteiger partial charge in [0.1, 0.15) is 11.9 Å². The standard InChI is InChI=1S/C15H16O4/c1-2-18-15(17)12-8-10-7-9-5-3-4-6-11(9)14(19-10)13(12)16/h3-6,10,14,16H,2,7-8H2,1H3/t10-,14+/m0/s1. The molecule has 1 aromatic rings. The van der Waals surface area contributed by atoms with Crippen molar-refractivity contribution in [2.75, 3.05) is 6.61 Å². The van der Waals surface area contributed by atoms with E-state index < -0.39 is 12.1 Å². The van der Waals surface area contributed by atoms with Gasteiger partial charge in [-0.2, -0.15) is 0 Å². The Morgan fingerprint density at radius 2 is 2.21 bits per heavy atom. The number of rotatable bonds is 2. The molecule has 0 saturated carbocycles. The number of hydrogen-bond acceptors (Lipinski definition) is 4. The highest BCUT2D eigenvalue weighted by molar-refractivity contribution is 5.89. The van der Waals surface area contributed by atoms with Gasteiger partial charge in [0.15, 0.2) is 0 Å². The minimum Gasteiger partial charge on any atom is -0.509 e. The third-order valence-electron chi connectivity index (χ3n) is 3.62. The Balaban J connectivity index is 2.01. The molecule has 2 bridgehead atoms. The number of carbonyl (C=O) groups is 1. The monoisotopic (exact) mass is 260 g/mol. The maximum absolute atomic E-state index is 11.9. The lowest BCUT2D eigenvalue weighted by Gasteiger charge is -2.36. The lowest BCUT2D eigenvalue weighted by molar-refractivity contribution is -0.141. The second-order valence-corrected chi connectivity index (χ2v) is 4.83. The average Bonchev–Trinajstić information content (AvgIpc) is 2.42. The fourth-order valence-electron chi connectivity index (χ4n) is 2.76. The van der Waals surface area contributed by atoms with E-state index in [-0.39, 0.29) is 11.9 Å². The van der Waals surface area contributed by atoms with Gasteiger partial charge in [0.2, 0.25) is 0 Å². The van der Waals surface area contributed by atoms with Gasteiger partial charge in [0.05, 0.1) is 18.3 Å². The predicted octanol–water partition coefficient (Wildman–Crippen LogP) is 2.45. The van der Waals surface area contributed by atoms with E-state index in [2.05, 4.69) is 0 Å². The predicted molar refractivity (Wildman–Crippen MR) is 68.7 cm³/mol. The largest absolute Gasteiger partial charge is 0.509 e. The summed E-state index contributed by atoms with van der Waals surface area (Å²) < 4.78 is 10.8. The number of ether oxygens (including phenoxy) is 2. The summed E-state index contributed by atoms with van der Waals surface area (Å²) in [5.74, 6) is -0.431.